The molecule has 0 aliphatic rings. The van der Waals surface area contributed by atoms with Crippen molar-refractivity contribution in [2.75, 3.05) is 18.5 Å². The second kappa shape index (κ2) is 6.99. The van der Waals surface area contributed by atoms with Gasteiger partial charge in [0, 0.05) is 13.6 Å². The van der Waals surface area contributed by atoms with E-state index in [1.807, 2.05) is 30.3 Å². The predicted octanol–water partition coefficient (Wildman–Crippen LogP) is 2.61. The molecule has 2 rings (SSSR count). The van der Waals surface area contributed by atoms with Crippen molar-refractivity contribution in [3.05, 3.63) is 66.0 Å². The summed E-state index contributed by atoms with van der Waals surface area (Å²) in [5.74, 6) is -0.952. The van der Waals surface area contributed by atoms with Crippen molar-refractivity contribution in [1.29, 1.82) is 0 Å². The van der Waals surface area contributed by atoms with Crippen LogP contribution in [0.25, 0.3) is 0 Å². The van der Waals surface area contributed by atoms with Gasteiger partial charge in [-0.2, -0.15) is 0 Å². The van der Waals surface area contributed by atoms with Crippen LogP contribution in [0.1, 0.15) is 5.56 Å². The number of halogens is 1. The number of carbonyl (C=O) groups is 1. The molecule has 0 aromatic heterocycles. The van der Waals surface area contributed by atoms with E-state index in [1.54, 1.807) is 25.2 Å². The molecular weight excluding hydrogens is 267 g/mol. The second-order valence-electron chi connectivity index (χ2n) is 4.97. The summed E-state index contributed by atoms with van der Waals surface area (Å²) in [5, 5.41) is 0. The number of anilines is 1. The van der Waals surface area contributed by atoms with Crippen molar-refractivity contribution in [2.24, 2.45) is 11.7 Å². The van der Waals surface area contributed by atoms with Crippen molar-refractivity contribution in [3.8, 4) is 0 Å². The molecule has 0 radical (unpaired) electrons. The van der Waals surface area contributed by atoms with E-state index in [0.29, 0.717) is 6.42 Å². The number of hydrogen-bond donors (Lipinski definition) is 1. The first-order chi connectivity index (χ1) is 10.1. The zero-order valence-corrected chi connectivity index (χ0v) is 12.0. The van der Waals surface area contributed by atoms with E-state index in [2.05, 4.69) is 0 Å². The monoisotopic (exact) mass is 286 g/mol. The number of benzene rings is 2. The smallest absolute Gasteiger partial charge is 0.231 e. The molecule has 2 aromatic carbocycles. The fraction of sp³-hybridized carbons (Fsp3) is 0.235. The topological polar surface area (TPSA) is 46.3 Å². The molecule has 0 bridgehead atoms. The first-order valence-electron chi connectivity index (χ1n) is 6.89. The van der Waals surface area contributed by atoms with E-state index in [0.717, 1.165) is 5.56 Å². The number of amides is 1. The number of nitrogens with zero attached hydrogens (tertiary/aromatic N) is 1. The number of para-hydroxylation sites is 1. The molecule has 0 spiro atoms. The van der Waals surface area contributed by atoms with E-state index >= 15 is 0 Å². The Bertz CT molecular complexity index is 601. The molecule has 2 aromatic rings. The Morgan fingerprint density at radius 3 is 2.38 bits per heavy atom. The van der Waals surface area contributed by atoms with Gasteiger partial charge in [0.25, 0.3) is 0 Å². The molecule has 0 heterocycles. The maximum Gasteiger partial charge on any atom is 0.231 e. The minimum atomic E-state index is -0.413. The third-order valence-electron chi connectivity index (χ3n) is 3.50. The van der Waals surface area contributed by atoms with E-state index in [9.17, 15) is 9.18 Å². The Labute approximate surface area is 124 Å². The van der Waals surface area contributed by atoms with Crippen LogP contribution in [0.3, 0.4) is 0 Å². The fourth-order valence-corrected chi connectivity index (χ4v) is 2.29. The van der Waals surface area contributed by atoms with E-state index in [-0.39, 0.29) is 24.1 Å². The van der Waals surface area contributed by atoms with Crippen molar-refractivity contribution in [1.82, 2.24) is 0 Å². The van der Waals surface area contributed by atoms with Gasteiger partial charge in [0.15, 0.2) is 0 Å². The average Bonchev–Trinajstić information content (AvgIpc) is 2.53. The Hall–Kier alpha value is -2.20. The van der Waals surface area contributed by atoms with Gasteiger partial charge in [-0.15, -0.1) is 0 Å². The Morgan fingerprint density at radius 2 is 1.76 bits per heavy atom. The molecule has 110 valence electrons. The second-order valence-corrected chi connectivity index (χ2v) is 4.97. The lowest BCUT2D eigenvalue weighted by Gasteiger charge is -2.23. The van der Waals surface area contributed by atoms with Gasteiger partial charge in [-0.05, 0) is 24.1 Å². The van der Waals surface area contributed by atoms with Crippen LogP contribution >= 0.6 is 0 Å². The van der Waals surface area contributed by atoms with Crippen LogP contribution in [-0.2, 0) is 11.2 Å². The quantitative estimate of drug-likeness (QED) is 0.918. The molecule has 1 unspecified atom stereocenters. The van der Waals surface area contributed by atoms with Gasteiger partial charge in [0.05, 0.1) is 11.6 Å². The average molecular weight is 286 g/mol. The molecule has 2 N–H and O–H groups in total. The molecule has 0 saturated heterocycles. The molecule has 3 nitrogen and oxygen atoms in total. The highest BCUT2D eigenvalue weighted by Gasteiger charge is 2.23. The number of hydrogen-bond acceptors (Lipinski definition) is 2. The summed E-state index contributed by atoms with van der Waals surface area (Å²) in [4.78, 5) is 13.9. The molecule has 21 heavy (non-hydrogen) atoms. The van der Waals surface area contributed by atoms with Crippen molar-refractivity contribution in [2.45, 2.75) is 6.42 Å². The zero-order chi connectivity index (χ0) is 15.2. The van der Waals surface area contributed by atoms with E-state index in [1.165, 1.54) is 11.0 Å². The lowest BCUT2D eigenvalue weighted by atomic mass is 9.98. The van der Waals surface area contributed by atoms with Gasteiger partial charge < -0.3 is 10.6 Å². The normalized spacial score (nSPS) is 12.0. The third kappa shape index (κ3) is 3.67. The lowest BCUT2D eigenvalue weighted by Crippen LogP contribution is -2.38. The highest BCUT2D eigenvalue weighted by Crippen LogP contribution is 2.20. The van der Waals surface area contributed by atoms with Crippen LogP contribution < -0.4 is 10.6 Å². The number of nitrogens with two attached hydrogens (primary N) is 1. The molecule has 1 amide bonds. The van der Waals surface area contributed by atoms with Crippen LogP contribution in [0.2, 0.25) is 0 Å². The van der Waals surface area contributed by atoms with Crippen molar-refractivity contribution in [3.63, 3.8) is 0 Å². The van der Waals surface area contributed by atoms with E-state index < -0.39 is 5.82 Å². The molecule has 0 aliphatic carbocycles. The maximum atomic E-state index is 13.8. The molecule has 0 fully saturated rings. The molecular formula is C17H19FN2O. The first-order valence-corrected chi connectivity index (χ1v) is 6.89. The summed E-state index contributed by atoms with van der Waals surface area (Å²) in [6, 6.07) is 15.9. The van der Waals surface area contributed by atoms with Gasteiger partial charge in [0.1, 0.15) is 5.82 Å². The molecule has 0 saturated carbocycles. The summed E-state index contributed by atoms with van der Waals surface area (Å²) in [6.45, 7) is 0.229. The minimum Gasteiger partial charge on any atom is -0.330 e. The summed E-state index contributed by atoms with van der Waals surface area (Å²) in [5.41, 5.74) is 7.05. The van der Waals surface area contributed by atoms with Gasteiger partial charge in [0.2, 0.25) is 5.91 Å². The third-order valence-corrected chi connectivity index (χ3v) is 3.50. The Balaban J connectivity index is 2.15. The van der Waals surface area contributed by atoms with Crippen LogP contribution in [0.5, 0.6) is 0 Å². The largest absolute Gasteiger partial charge is 0.330 e. The SMILES string of the molecule is CN(C(=O)C(CN)Cc1ccccc1)c1ccccc1F. The van der Waals surface area contributed by atoms with Crippen molar-refractivity contribution < 1.29 is 9.18 Å². The fourth-order valence-electron chi connectivity index (χ4n) is 2.29. The molecule has 1 atom stereocenters. The number of carbonyl (C=O) groups excluding carboxylic acids is 1. The summed E-state index contributed by atoms with van der Waals surface area (Å²) in [7, 11) is 1.58. The molecule has 4 heteroatoms. The van der Waals surface area contributed by atoms with E-state index in [4.69, 9.17) is 5.73 Å². The predicted molar refractivity (Wildman–Crippen MR) is 82.5 cm³/mol. The minimum absolute atomic E-state index is 0.175. The Kier molecular flexibility index (Phi) is 5.06. The van der Waals surface area contributed by atoms with Gasteiger partial charge >= 0.3 is 0 Å². The standard InChI is InChI=1S/C17H19FN2O/c1-20(16-10-6-5-9-15(16)18)17(21)14(12-19)11-13-7-3-2-4-8-13/h2-10,14H,11-12,19H2,1H3. The van der Waals surface area contributed by atoms with Crippen molar-refractivity contribution >= 4 is 11.6 Å². The summed E-state index contributed by atoms with van der Waals surface area (Å²) < 4.78 is 13.8. The highest BCUT2D eigenvalue weighted by molar-refractivity contribution is 5.94. The highest BCUT2D eigenvalue weighted by atomic mass is 19.1. The Morgan fingerprint density at radius 1 is 1.14 bits per heavy atom. The molecule has 0 aliphatic heterocycles. The van der Waals surface area contributed by atoms with Gasteiger partial charge in [-0.3, -0.25) is 4.79 Å². The first kappa shape index (κ1) is 15.2. The van der Waals surface area contributed by atoms with Gasteiger partial charge in [-0.25, -0.2) is 4.39 Å². The van der Waals surface area contributed by atoms with Crippen LogP contribution in [0.15, 0.2) is 54.6 Å². The summed E-state index contributed by atoms with van der Waals surface area (Å²) >= 11 is 0. The van der Waals surface area contributed by atoms with Crippen LogP contribution in [0, 0.1) is 11.7 Å². The van der Waals surface area contributed by atoms with Gasteiger partial charge in [-0.1, -0.05) is 42.5 Å². The van der Waals surface area contributed by atoms with Crippen LogP contribution in [-0.4, -0.2) is 19.5 Å². The zero-order valence-electron chi connectivity index (χ0n) is 12.0. The lowest BCUT2D eigenvalue weighted by molar-refractivity contribution is -0.121. The maximum absolute atomic E-state index is 13.8. The number of rotatable bonds is 5. The summed E-state index contributed by atoms with van der Waals surface area (Å²) in [6.07, 6.45) is 0.551. The van der Waals surface area contributed by atoms with Crippen LogP contribution in [0.4, 0.5) is 10.1 Å².